The van der Waals surface area contributed by atoms with Crippen molar-refractivity contribution < 1.29 is 19.1 Å². The Kier molecular flexibility index (Phi) is 4.24. The molecule has 2 aliphatic carbocycles. The van der Waals surface area contributed by atoms with Gasteiger partial charge in [-0.25, -0.2) is 0 Å². The van der Waals surface area contributed by atoms with E-state index >= 15 is 0 Å². The van der Waals surface area contributed by atoms with Gasteiger partial charge in [-0.2, -0.15) is 0 Å². The van der Waals surface area contributed by atoms with Crippen LogP contribution in [0.3, 0.4) is 0 Å². The predicted molar refractivity (Wildman–Crippen MR) is 91.1 cm³/mol. The lowest BCUT2D eigenvalue weighted by molar-refractivity contribution is -0.133. The van der Waals surface area contributed by atoms with Crippen molar-refractivity contribution >= 4 is 11.9 Å². The number of hydrogen-bond donors (Lipinski definition) is 0. The molecule has 0 saturated heterocycles. The highest BCUT2D eigenvalue weighted by Gasteiger charge is 2.44. The molecule has 2 atom stereocenters. The molecule has 4 heteroatoms. The van der Waals surface area contributed by atoms with Crippen LogP contribution >= 0.6 is 0 Å². The van der Waals surface area contributed by atoms with Crippen molar-refractivity contribution in [1.29, 1.82) is 0 Å². The van der Waals surface area contributed by atoms with Gasteiger partial charge in [0, 0.05) is 25.0 Å². The first kappa shape index (κ1) is 16.7. The Balaban J connectivity index is 2.10. The van der Waals surface area contributed by atoms with E-state index in [9.17, 15) is 9.59 Å². The summed E-state index contributed by atoms with van der Waals surface area (Å²) in [5, 5.41) is 0. The molecular weight excluding hydrogens is 304 g/mol. The summed E-state index contributed by atoms with van der Waals surface area (Å²) >= 11 is 0. The van der Waals surface area contributed by atoms with Crippen molar-refractivity contribution in [2.45, 2.75) is 52.9 Å². The summed E-state index contributed by atoms with van der Waals surface area (Å²) in [6.07, 6.45) is 4.93. The number of fused-ring (bicyclic) bond motifs is 2. The van der Waals surface area contributed by atoms with Crippen LogP contribution in [-0.2, 0) is 22.4 Å². The third-order valence-electron chi connectivity index (χ3n) is 5.42. The topological polar surface area (TPSA) is 52.6 Å². The average molecular weight is 328 g/mol. The van der Waals surface area contributed by atoms with Gasteiger partial charge in [0.25, 0.3) is 0 Å². The van der Waals surface area contributed by atoms with E-state index < -0.39 is 0 Å². The summed E-state index contributed by atoms with van der Waals surface area (Å²) in [5.41, 5.74) is 3.37. The molecule has 0 amide bonds. The number of hydrogen-bond acceptors (Lipinski definition) is 4. The summed E-state index contributed by atoms with van der Waals surface area (Å²) in [4.78, 5) is 22.9. The molecular formula is C20H24O4. The Labute approximate surface area is 142 Å². The van der Waals surface area contributed by atoms with E-state index in [-0.39, 0.29) is 17.4 Å². The van der Waals surface area contributed by atoms with E-state index in [4.69, 9.17) is 9.47 Å². The largest absolute Gasteiger partial charge is 0.426 e. The van der Waals surface area contributed by atoms with E-state index in [1.54, 1.807) is 12.1 Å². The van der Waals surface area contributed by atoms with Crippen LogP contribution in [0.4, 0.5) is 0 Å². The van der Waals surface area contributed by atoms with Crippen LogP contribution in [0.5, 0.6) is 11.5 Å². The minimum atomic E-state index is -0.340. The SMILES string of the molecule is C=C1CCC[C@]2(C)Cc3c(OC(C)=O)ccc(OC(C)=O)c3C[C@H]12. The molecule has 1 fully saturated rings. The zero-order valence-corrected chi connectivity index (χ0v) is 14.6. The van der Waals surface area contributed by atoms with Crippen molar-refractivity contribution in [3.8, 4) is 11.5 Å². The van der Waals surface area contributed by atoms with E-state index in [0.29, 0.717) is 17.4 Å². The Bertz CT molecular complexity index is 719. The molecule has 0 bridgehead atoms. The smallest absolute Gasteiger partial charge is 0.308 e. The predicted octanol–water partition coefficient (Wildman–Crippen LogP) is 4.00. The van der Waals surface area contributed by atoms with E-state index in [0.717, 1.165) is 43.2 Å². The Morgan fingerprint density at radius 3 is 2.29 bits per heavy atom. The fraction of sp³-hybridized carbons (Fsp3) is 0.500. The van der Waals surface area contributed by atoms with Crippen LogP contribution in [0.15, 0.2) is 24.3 Å². The second kappa shape index (κ2) is 6.08. The zero-order valence-electron chi connectivity index (χ0n) is 14.6. The maximum Gasteiger partial charge on any atom is 0.308 e. The van der Waals surface area contributed by atoms with E-state index in [2.05, 4.69) is 13.5 Å². The molecule has 1 aromatic rings. The zero-order chi connectivity index (χ0) is 17.5. The van der Waals surface area contributed by atoms with Crippen LogP contribution < -0.4 is 9.47 Å². The number of carbonyl (C=O) groups is 2. The Morgan fingerprint density at radius 2 is 1.71 bits per heavy atom. The summed E-state index contributed by atoms with van der Waals surface area (Å²) in [7, 11) is 0. The van der Waals surface area contributed by atoms with Crippen LogP contribution in [0.1, 0.15) is 51.2 Å². The molecule has 128 valence electrons. The molecule has 1 aromatic carbocycles. The molecule has 4 nitrogen and oxygen atoms in total. The van der Waals surface area contributed by atoms with Crippen molar-refractivity contribution in [2.24, 2.45) is 11.3 Å². The lowest BCUT2D eigenvalue weighted by Gasteiger charge is -2.47. The standard InChI is InChI=1S/C20H24O4/c1-12-6-5-9-20(4)11-16-15(10-17(12)20)18(23-13(2)21)7-8-19(16)24-14(3)22/h7-8,17H,1,5-6,9-11H2,2-4H3/t17-,20-/m1/s1. The number of carbonyl (C=O) groups excluding carboxylic acids is 2. The van der Waals surface area contributed by atoms with Crippen LogP contribution in [0.2, 0.25) is 0 Å². The Hall–Kier alpha value is -2.10. The monoisotopic (exact) mass is 328 g/mol. The molecule has 0 unspecified atom stereocenters. The summed E-state index contributed by atoms with van der Waals surface area (Å²) in [6.45, 7) is 9.38. The fourth-order valence-electron chi connectivity index (χ4n) is 4.34. The molecule has 0 heterocycles. The normalized spacial score (nSPS) is 25.5. The molecule has 0 aliphatic heterocycles. The molecule has 1 saturated carbocycles. The van der Waals surface area contributed by atoms with Crippen LogP contribution in [0, 0.1) is 11.3 Å². The molecule has 3 rings (SSSR count). The van der Waals surface area contributed by atoms with Crippen LogP contribution in [-0.4, -0.2) is 11.9 Å². The highest BCUT2D eigenvalue weighted by molar-refractivity contribution is 5.72. The number of allylic oxidation sites excluding steroid dienone is 1. The van der Waals surface area contributed by atoms with Crippen molar-refractivity contribution in [3.05, 3.63) is 35.4 Å². The summed E-state index contributed by atoms with van der Waals surface area (Å²) in [6, 6.07) is 3.46. The van der Waals surface area contributed by atoms with Gasteiger partial charge < -0.3 is 9.47 Å². The first-order valence-electron chi connectivity index (χ1n) is 8.49. The third-order valence-corrected chi connectivity index (χ3v) is 5.42. The lowest BCUT2D eigenvalue weighted by atomic mass is 9.57. The first-order chi connectivity index (χ1) is 11.3. The van der Waals surface area contributed by atoms with Gasteiger partial charge in [0.2, 0.25) is 0 Å². The van der Waals surface area contributed by atoms with Gasteiger partial charge in [-0.05, 0) is 55.6 Å². The number of rotatable bonds is 2. The first-order valence-corrected chi connectivity index (χ1v) is 8.49. The molecule has 24 heavy (non-hydrogen) atoms. The van der Waals surface area contributed by atoms with Crippen molar-refractivity contribution in [3.63, 3.8) is 0 Å². The highest BCUT2D eigenvalue weighted by atomic mass is 16.5. The van der Waals surface area contributed by atoms with Gasteiger partial charge in [0.1, 0.15) is 11.5 Å². The van der Waals surface area contributed by atoms with Gasteiger partial charge in [-0.3, -0.25) is 9.59 Å². The average Bonchev–Trinajstić information content (AvgIpc) is 2.47. The van der Waals surface area contributed by atoms with Gasteiger partial charge in [-0.1, -0.05) is 19.1 Å². The second-order valence-corrected chi connectivity index (χ2v) is 7.31. The van der Waals surface area contributed by atoms with E-state index in [1.807, 2.05) is 0 Å². The minimum absolute atomic E-state index is 0.117. The highest BCUT2D eigenvalue weighted by Crippen LogP contribution is 2.53. The molecule has 2 aliphatic rings. The maximum atomic E-state index is 11.5. The summed E-state index contributed by atoms with van der Waals surface area (Å²) in [5.74, 6) is 0.865. The molecule has 0 N–H and O–H groups in total. The minimum Gasteiger partial charge on any atom is -0.426 e. The second-order valence-electron chi connectivity index (χ2n) is 7.31. The molecule has 0 spiro atoms. The van der Waals surface area contributed by atoms with Gasteiger partial charge >= 0.3 is 11.9 Å². The summed E-state index contributed by atoms with van der Waals surface area (Å²) < 4.78 is 10.8. The molecule has 0 radical (unpaired) electrons. The van der Waals surface area contributed by atoms with Gasteiger partial charge in [0.15, 0.2) is 0 Å². The number of esters is 2. The van der Waals surface area contributed by atoms with Crippen LogP contribution in [0.25, 0.3) is 0 Å². The maximum absolute atomic E-state index is 11.5. The van der Waals surface area contributed by atoms with Crippen molar-refractivity contribution in [2.75, 3.05) is 0 Å². The van der Waals surface area contributed by atoms with Crippen molar-refractivity contribution in [1.82, 2.24) is 0 Å². The number of benzene rings is 1. The number of ether oxygens (including phenoxy) is 2. The third kappa shape index (κ3) is 2.97. The van der Waals surface area contributed by atoms with Gasteiger partial charge in [-0.15, -0.1) is 0 Å². The fourth-order valence-corrected chi connectivity index (χ4v) is 4.34. The lowest BCUT2D eigenvalue weighted by Crippen LogP contribution is -2.39. The van der Waals surface area contributed by atoms with E-state index in [1.165, 1.54) is 19.4 Å². The van der Waals surface area contributed by atoms with Gasteiger partial charge in [0.05, 0.1) is 0 Å². The Morgan fingerprint density at radius 1 is 1.12 bits per heavy atom. The molecule has 0 aromatic heterocycles. The quantitative estimate of drug-likeness (QED) is 0.468.